The Kier molecular flexibility index (Phi) is 3.37. The van der Waals surface area contributed by atoms with Gasteiger partial charge in [0.2, 0.25) is 0 Å². The molecule has 2 N–H and O–H groups in total. The topological polar surface area (TPSA) is 40.7 Å². The first-order chi connectivity index (χ1) is 7.85. The predicted octanol–water partition coefficient (Wildman–Crippen LogP) is 2.36. The van der Waals surface area contributed by atoms with Gasteiger partial charge in [-0.15, -0.1) is 0 Å². The van der Waals surface area contributed by atoms with E-state index in [0.717, 1.165) is 24.5 Å². The van der Waals surface area contributed by atoms with E-state index in [0.29, 0.717) is 0 Å². The van der Waals surface area contributed by atoms with E-state index in [9.17, 15) is 0 Å². The molecule has 1 heterocycles. The summed E-state index contributed by atoms with van der Waals surface area (Å²) in [7, 11) is 1.93. The van der Waals surface area contributed by atoms with Crippen LogP contribution >= 0.6 is 0 Å². The number of aromatic amines is 1. The molecule has 1 aromatic heterocycles. The summed E-state index contributed by atoms with van der Waals surface area (Å²) in [5, 5.41) is 3.11. The summed E-state index contributed by atoms with van der Waals surface area (Å²) in [4.78, 5) is 7.98. The highest BCUT2D eigenvalue weighted by atomic mass is 15.0. The molecule has 2 rings (SSSR count). The quantitative estimate of drug-likeness (QED) is 0.822. The maximum absolute atomic E-state index is 4.62. The number of nitrogens with one attached hydrogen (secondary N) is 2. The van der Waals surface area contributed by atoms with Crippen molar-refractivity contribution in [1.82, 2.24) is 15.3 Å². The zero-order valence-electron chi connectivity index (χ0n) is 9.75. The number of rotatable bonds is 4. The molecule has 0 atom stereocenters. The molecule has 0 bridgehead atoms. The SMILES string of the molecule is CCc1[nH]c(CNC)nc1-c1ccccc1. The molecule has 0 fully saturated rings. The molecule has 3 nitrogen and oxygen atoms in total. The highest BCUT2D eigenvalue weighted by Crippen LogP contribution is 2.21. The molecule has 0 amide bonds. The number of imidazole rings is 1. The van der Waals surface area contributed by atoms with Gasteiger partial charge in [-0.1, -0.05) is 37.3 Å². The number of aromatic nitrogens is 2. The first-order valence-electron chi connectivity index (χ1n) is 5.63. The molecule has 2 aromatic rings. The fourth-order valence-electron chi connectivity index (χ4n) is 1.81. The zero-order chi connectivity index (χ0) is 11.4. The van der Waals surface area contributed by atoms with Gasteiger partial charge in [0.15, 0.2) is 0 Å². The van der Waals surface area contributed by atoms with E-state index >= 15 is 0 Å². The molecule has 0 saturated carbocycles. The summed E-state index contributed by atoms with van der Waals surface area (Å²) < 4.78 is 0. The second-order valence-electron chi connectivity index (χ2n) is 3.76. The fraction of sp³-hybridized carbons (Fsp3) is 0.308. The normalized spacial score (nSPS) is 10.6. The van der Waals surface area contributed by atoms with Crippen LogP contribution in [-0.2, 0) is 13.0 Å². The molecule has 0 radical (unpaired) electrons. The molecule has 0 spiro atoms. The Bertz CT molecular complexity index is 445. The van der Waals surface area contributed by atoms with Gasteiger partial charge in [0.25, 0.3) is 0 Å². The van der Waals surface area contributed by atoms with Gasteiger partial charge in [-0.25, -0.2) is 4.98 Å². The Labute approximate surface area is 95.9 Å². The number of hydrogen-bond acceptors (Lipinski definition) is 2. The van der Waals surface area contributed by atoms with E-state index in [1.165, 1.54) is 11.3 Å². The number of H-pyrrole nitrogens is 1. The van der Waals surface area contributed by atoms with Crippen molar-refractivity contribution in [3.63, 3.8) is 0 Å². The average molecular weight is 215 g/mol. The third-order valence-electron chi connectivity index (χ3n) is 2.57. The van der Waals surface area contributed by atoms with Gasteiger partial charge in [0.1, 0.15) is 5.82 Å². The average Bonchev–Trinajstić information content (AvgIpc) is 2.74. The highest BCUT2D eigenvalue weighted by Gasteiger charge is 2.09. The molecule has 0 saturated heterocycles. The second-order valence-corrected chi connectivity index (χ2v) is 3.76. The van der Waals surface area contributed by atoms with Crippen LogP contribution in [-0.4, -0.2) is 17.0 Å². The van der Waals surface area contributed by atoms with E-state index in [1.807, 2.05) is 25.2 Å². The molecule has 0 aliphatic heterocycles. The summed E-state index contributed by atoms with van der Waals surface area (Å²) in [6.45, 7) is 2.92. The highest BCUT2D eigenvalue weighted by molar-refractivity contribution is 5.61. The van der Waals surface area contributed by atoms with Crippen LogP contribution in [0.3, 0.4) is 0 Å². The molecule has 0 aliphatic carbocycles. The lowest BCUT2D eigenvalue weighted by Crippen LogP contribution is -2.06. The summed E-state index contributed by atoms with van der Waals surface area (Å²) in [5.74, 6) is 0.998. The fourth-order valence-corrected chi connectivity index (χ4v) is 1.81. The first-order valence-corrected chi connectivity index (χ1v) is 5.63. The summed E-state index contributed by atoms with van der Waals surface area (Å²) in [5.41, 5.74) is 3.46. The second kappa shape index (κ2) is 4.94. The summed E-state index contributed by atoms with van der Waals surface area (Å²) in [6, 6.07) is 10.3. The molecule has 0 unspecified atom stereocenters. The van der Waals surface area contributed by atoms with E-state index in [2.05, 4.69) is 34.3 Å². The number of benzene rings is 1. The van der Waals surface area contributed by atoms with Gasteiger partial charge in [0.05, 0.1) is 12.2 Å². The van der Waals surface area contributed by atoms with Crippen LogP contribution in [0.5, 0.6) is 0 Å². The van der Waals surface area contributed by atoms with Gasteiger partial charge in [0, 0.05) is 11.3 Å². The van der Waals surface area contributed by atoms with Crippen LogP contribution in [0, 0.1) is 0 Å². The zero-order valence-corrected chi connectivity index (χ0v) is 9.75. The molecule has 16 heavy (non-hydrogen) atoms. The van der Waals surface area contributed by atoms with Gasteiger partial charge >= 0.3 is 0 Å². The van der Waals surface area contributed by atoms with Gasteiger partial charge in [-0.3, -0.25) is 0 Å². The van der Waals surface area contributed by atoms with Crippen LogP contribution in [0.25, 0.3) is 11.3 Å². The minimum Gasteiger partial charge on any atom is -0.344 e. The Balaban J connectivity index is 2.39. The third kappa shape index (κ3) is 2.14. The monoisotopic (exact) mass is 215 g/mol. The molecular weight excluding hydrogens is 198 g/mol. The van der Waals surface area contributed by atoms with E-state index in [-0.39, 0.29) is 0 Å². The maximum atomic E-state index is 4.62. The van der Waals surface area contributed by atoms with Crippen molar-refractivity contribution >= 4 is 0 Å². The van der Waals surface area contributed by atoms with Gasteiger partial charge < -0.3 is 10.3 Å². The Morgan fingerprint density at radius 3 is 2.62 bits per heavy atom. The number of nitrogens with zero attached hydrogens (tertiary/aromatic N) is 1. The van der Waals surface area contributed by atoms with Crippen LogP contribution in [0.4, 0.5) is 0 Å². The summed E-state index contributed by atoms with van der Waals surface area (Å²) >= 11 is 0. The van der Waals surface area contributed by atoms with Gasteiger partial charge in [-0.2, -0.15) is 0 Å². The molecule has 0 aliphatic rings. The Morgan fingerprint density at radius 2 is 2.00 bits per heavy atom. The van der Waals surface area contributed by atoms with Crippen molar-refractivity contribution in [1.29, 1.82) is 0 Å². The van der Waals surface area contributed by atoms with E-state index in [4.69, 9.17) is 0 Å². The van der Waals surface area contributed by atoms with Crippen LogP contribution in [0.1, 0.15) is 18.4 Å². The minimum atomic E-state index is 0.778. The molecule has 3 heteroatoms. The number of aryl methyl sites for hydroxylation is 1. The minimum absolute atomic E-state index is 0.778. The van der Waals surface area contributed by atoms with Crippen molar-refractivity contribution in [2.24, 2.45) is 0 Å². The smallest absolute Gasteiger partial charge is 0.121 e. The lowest BCUT2D eigenvalue weighted by Gasteiger charge is -1.98. The Morgan fingerprint density at radius 1 is 1.25 bits per heavy atom. The van der Waals surface area contributed by atoms with Gasteiger partial charge in [-0.05, 0) is 13.5 Å². The van der Waals surface area contributed by atoms with Crippen molar-refractivity contribution < 1.29 is 0 Å². The third-order valence-corrected chi connectivity index (χ3v) is 2.57. The molecule has 1 aromatic carbocycles. The standard InChI is InChI=1S/C13H17N3/c1-3-11-13(10-7-5-4-6-8-10)16-12(15-11)9-14-2/h4-8,14H,3,9H2,1-2H3,(H,15,16). The first kappa shape index (κ1) is 10.9. The van der Waals surface area contributed by atoms with Crippen molar-refractivity contribution in [3.8, 4) is 11.3 Å². The Hall–Kier alpha value is -1.61. The molecular formula is C13H17N3. The van der Waals surface area contributed by atoms with Crippen molar-refractivity contribution in [3.05, 3.63) is 41.9 Å². The maximum Gasteiger partial charge on any atom is 0.121 e. The van der Waals surface area contributed by atoms with Crippen molar-refractivity contribution in [2.45, 2.75) is 19.9 Å². The molecule has 84 valence electrons. The largest absolute Gasteiger partial charge is 0.344 e. The van der Waals surface area contributed by atoms with E-state index in [1.54, 1.807) is 0 Å². The number of hydrogen-bond donors (Lipinski definition) is 2. The van der Waals surface area contributed by atoms with Crippen LogP contribution in [0.15, 0.2) is 30.3 Å². The van der Waals surface area contributed by atoms with Crippen LogP contribution < -0.4 is 5.32 Å². The predicted molar refractivity (Wildman–Crippen MR) is 66.2 cm³/mol. The lowest BCUT2D eigenvalue weighted by molar-refractivity contribution is 0.769. The van der Waals surface area contributed by atoms with Crippen molar-refractivity contribution in [2.75, 3.05) is 7.05 Å². The summed E-state index contributed by atoms with van der Waals surface area (Å²) in [6.07, 6.45) is 0.973. The van der Waals surface area contributed by atoms with Crippen LogP contribution in [0.2, 0.25) is 0 Å². The lowest BCUT2D eigenvalue weighted by atomic mass is 10.1. The van der Waals surface area contributed by atoms with E-state index < -0.39 is 0 Å².